The first-order chi connectivity index (χ1) is 16.0. The van der Waals surface area contributed by atoms with Crippen molar-refractivity contribution < 1.29 is 19.4 Å². The molecule has 0 saturated carbocycles. The van der Waals surface area contributed by atoms with E-state index in [1.54, 1.807) is 18.3 Å². The van der Waals surface area contributed by atoms with Gasteiger partial charge in [-0.2, -0.15) is 0 Å². The summed E-state index contributed by atoms with van der Waals surface area (Å²) in [5.41, 5.74) is 6.50. The van der Waals surface area contributed by atoms with Crippen LogP contribution < -0.4 is 10.6 Å². The largest absolute Gasteiger partial charge is 0.480 e. The molecule has 1 amide bonds. The fraction of sp³-hybridized carbons (Fsp3) is 0.154. The predicted octanol–water partition coefficient (Wildman–Crippen LogP) is 5.31. The van der Waals surface area contributed by atoms with Crippen molar-refractivity contribution in [3.8, 4) is 11.1 Å². The maximum absolute atomic E-state index is 12.6. The summed E-state index contributed by atoms with van der Waals surface area (Å²) >= 11 is 6.16. The van der Waals surface area contributed by atoms with Gasteiger partial charge in [-0.05, 0) is 33.9 Å². The number of nitrogens with zero attached hydrogens (tertiary/aromatic N) is 1. The van der Waals surface area contributed by atoms with Crippen LogP contribution in [0.2, 0.25) is 5.02 Å². The highest BCUT2D eigenvalue weighted by atomic mass is 35.5. The van der Waals surface area contributed by atoms with E-state index in [9.17, 15) is 14.7 Å². The molecule has 0 saturated heterocycles. The number of halogens is 1. The number of nitrogens with one attached hydrogen (secondary N) is 1. The number of amides is 1. The number of carboxylic acids is 1. The van der Waals surface area contributed by atoms with Gasteiger partial charge in [0, 0.05) is 24.1 Å². The number of benzene rings is 3. The summed E-state index contributed by atoms with van der Waals surface area (Å²) in [5, 5.41) is 16.9. The average molecular weight is 460 g/mol. The summed E-state index contributed by atoms with van der Waals surface area (Å²) in [6.07, 6.45) is 0.883. The van der Waals surface area contributed by atoms with Gasteiger partial charge in [0.1, 0.15) is 12.6 Å². The minimum absolute atomic E-state index is 0.0658. The fourth-order valence-electron chi connectivity index (χ4n) is 4.48. The summed E-state index contributed by atoms with van der Waals surface area (Å²) in [7, 11) is 0. The second kappa shape index (κ2) is 8.64. The molecule has 2 aliphatic rings. The Morgan fingerprint density at radius 2 is 1.61 bits per heavy atom. The molecule has 3 aromatic carbocycles. The highest BCUT2D eigenvalue weighted by Gasteiger charge is 2.30. The van der Waals surface area contributed by atoms with E-state index in [0.717, 1.165) is 27.8 Å². The molecule has 7 heteroatoms. The number of alkyl carbamates (subject to hydrolysis) is 1. The molecule has 1 radical (unpaired) electrons. The molecule has 5 rings (SSSR count). The van der Waals surface area contributed by atoms with E-state index in [-0.39, 0.29) is 18.9 Å². The highest BCUT2D eigenvalue weighted by molar-refractivity contribution is 6.33. The second-order valence-corrected chi connectivity index (χ2v) is 8.39. The van der Waals surface area contributed by atoms with Gasteiger partial charge < -0.3 is 15.2 Å². The van der Waals surface area contributed by atoms with Gasteiger partial charge in [-0.15, -0.1) is 0 Å². The standard InChI is InChI=1S/C26H20ClN2O4/c27-22-11-5-10-16-15(13-28-24(16)22)12-23(25(30)31)29-26(32)33-14-21-19-8-3-1-6-17(19)18-7-2-4-9-20(18)21/h1-11,13,21,23H,12,14H2,(H,29,32)(H,30,31)/t23-/m0/s1. The fourth-order valence-corrected chi connectivity index (χ4v) is 4.71. The van der Waals surface area contributed by atoms with Crippen LogP contribution in [0.3, 0.4) is 0 Å². The molecule has 33 heavy (non-hydrogen) atoms. The van der Waals surface area contributed by atoms with E-state index < -0.39 is 18.1 Å². The maximum Gasteiger partial charge on any atom is 0.407 e. The third-order valence-electron chi connectivity index (χ3n) is 6.04. The molecule has 165 valence electrons. The summed E-state index contributed by atoms with van der Waals surface area (Å²) in [6.45, 7) is 0.114. The van der Waals surface area contributed by atoms with Crippen LogP contribution in [0.15, 0.2) is 72.9 Å². The molecule has 0 spiro atoms. The Balaban J connectivity index is 1.26. The van der Waals surface area contributed by atoms with Crippen LogP contribution in [0.1, 0.15) is 29.0 Å². The highest BCUT2D eigenvalue weighted by Crippen LogP contribution is 2.44. The van der Waals surface area contributed by atoms with Crippen LogP contribution >= 0.6 is 11.6 Å². The first kappa shape index (κ1) is 21.1. The molecule has 0 fully saturated rings. The number of aliphatic carboxylic acids is 1. The van der Waals surface area contributed by atoms with E-state index in [2.05, 4.69) is 22.8 Å². The smallest absolute Gasteiger partial charge is 0.407 e. The number of hydrogen-bond acceptors (Lipinski definition) is 3. The van der Waals surface area contributed by atoms with Crippen molar-refractivity contribution in [3.63, 3.8) is 0 Å². The molecule has 1 heterocycles. The van der Waals surface area contributed by atoms with Gasteiger partial charge in [0.15, 0.2) is 0 Å². The minimum atomic E-state index is -1.16. The zero-order valence-corrected chi connectivity index (χ0v) is 18.3. The summed E-state index contributed by atoms with van der Waals surface area (Å²) in [6, 6.07) is 20.2. The number of carboxylic acid groups (broad SMARTS) is 1. The van der Waals surface area contributed by atoms with Crippen LogP contribution in [0, 0.1) is 0 Å². The molecular formula is C26H20ClN2O4. The van der Waals surface area contributed by atoms with Gasteiger partial charge >= 0.3 is 12.1 Å². The Labute approximate surface area is 195 Å². The van der Waals surface area contributed by atoms with Gasteiger partial charge in [0.05, 0.1) is 10.7 Å². The molecular weight excluding hydrogens is 440 g/mol. The Bertz CT molecular complexity index is 1240. The molecule has 6 nitrogen and oxygen atoms in total. The van der Waals surface area contributed by atoms with Crippen LogP contribution in [-0.4, -0.2) is 29.8 Å². The number of rotatable bonds is 6. The van der Waals surface area contributed by atoms with Crippen molar-refractivity contribution in [3.05, 3.63) is 94.6 Å². The molecule has 1 atom stereocenters. The number of fused-ring (bicyclic) bond motifs is 4. The lowest BCUT2D eigenvalue weighted by Gasteiger charge is -2.18. The van der Waals surface area contributed by atoms with Crippen molar-refractivity contribution in [2.75, 3.05) is 6.61 Å². The third-order valence-corrected chi connectivity index (χ3v) is 6.35. The molecule has 0 aromatic heterocycles. The van der Waals surface area contributed by atoms with E-state index in [4.69, 9.17) is 16.3 Å². The van der Waals surface area contributed by atoms with Crippen LogP contribution in [0.4, 0.5) is 10.5 Å². The van der Waals surface area contributed by atoms with Crippen molar-refractivity contribution in [2.24, 2.45) is 0 Å². The Morgan fingerprint density at radius 1 is 0.970 bits per heavy atom. The number of ether oxygens (including phenoxy) is 1. The van der Waals surface area contributed by atoms with E-state index in [1.807, 2.05) is 42.5 Å². The van der Waals surface area contributed by atoms with Crippen molar-refractivity contribution in [1.29, 1.82) is 0 Å². The van der Waals surface area contributed by atoms with Crippen LogP contribution in [0.5, 0.6) is 0 Å². The van der Waals surface area contributed by atoms with Crippen LogP contribution in [-0.2, 0) is 9.53 Å². The normalized spacial score (nSPS) is 14.4. The van der Waals surface area contributed by atoms with E-state index in [1.165, 1.54) is 0 Å². The van der Waals surface area contributed by atoms with E-state index in [0.29, 0.717) is 16.3 Å². The van der Waals surface area contributed by atoms with Gasteiger partial charge in [-0.25, -0.2) is 9.59 Å². The third kappa shape index (κ3) is 3.94. The number of carbonyl (C=O) groups is 2. The zero-order valence-electron chi connectivity index (χ0n) is 17.5. The molecule has 1 aliphatic heterocycles. The van der Waals surface area contributed by atoms with Gasteiger partial charge in [0.2, 0.25) is 0 Å². The number of hydrogen-bond donors (Lipinski definition) is 2. The van der Waals surface area contributed by atoms with Crippen molar-refractivity contribution >= 4 is 34.9 Å². The monoisotopic (exact) mass is 459 g/mol. The Kier molecular flexibility index (Phi) is 5.52. The summed E-state index contributed by atoms with van der Waals surface area (Å²) in [4.78, 5) is 24.4. The molecule has 2 N–H and O–H groups in total. The minimum Gasteiger partial charge on any atom is -0.480 e. The average Bonchev–Trinajstić information content (AvgIpc) is 3.37. The lowest BCUT2D eigenvalue weighted by atomic mass is 9.98. The Hall–Kier alpha value is -3.77. The predicted molar refractivity (Wildman–Crippen MR) is 125 cm³/mol. The topological polar surface area (TPSA) is 89.7 Å². The summed E-state index contributed by atoms with van der Waals surface area (Å²) in [5.74, 6) is -1.25. The van der Waals surface area contributed by atoms with E-state index >= 15 is 0 Å². The van der Waals surface area contributed by atoms with Gasteiger partial charge in [-0.3, -0.25) is 5.32 Å². The lowest BCUT2D eigenvalue weighted by molar-refractivity contribution is -0.139. The molecule has 3 aromatic rings. The van der Waals surface area contributed by atoms with Crippen molar-refractivity contribution in [2.45, 2.75) is 18.4 Å². The van der Waals surface area contributed by atoms with Gasteiger partial charge in [0.25, 0.3) is 0 Å². The lowest BCUT2D eigenvalue weighted by Crippen LogP contribution is -2.41. The van der Waals surface area contributed by atoms with Crippen LogP contribution in [0.25, 0.3) is 16.7 Å². The van der Waals surface area contributed by atoms with Crippen molar-refractivity contribution in [1.82, 2.24) is 10.6 Å². The maximum atomic E-state index is 12.6. The zero-order chi connectivity index (χ0) is 22.9. The molecule has 0 bridgehead atoms. The SMILES string of the molecule is O=C(N[C@@H](CC1=C[N]c2c(Cl)cccc21)C(=O)O)OCC1c2ccccc2-c2ccccc21. The quantitative estimate of drug-likeness (QED) is 0.522. The first-order valence-electron chi connectivity index (χ1n) is 10.6. The number of carbonyl (C=O) groups excluding carboxylic acids is 1. The summed E-state index contributed by atoms with van der Waals surface area (Å²) < 4.78 is 5.50. The first-order valence-corrected chi connectivity index (χ1v) is 10.9. The molecule has 1 aliphatic carbocycles. The second-order valence-electron chi connectivity index (χ2n) is 7.98. The Morgan fingerprint density at radius 3 is 2.27 bits per heavy atom. The molecule has 0 unspecified atom stereocenters. The number of para-hydroxylation sites is 1. The van der Waals surface area contributed by atoms with Gasteiger partial charge in [-0.1, -0.05) is 72.3 Å².